The molecule has 9 heteroatoms. The first-order valence-corrected chi connectivity index (χ1v) is 14.5. The maximum atomic E-state index is 13.8. The number of methoxy groups -OCH3 is 1. The van der Waals surface area contributed by atoms with Gasteiger partial charge in [-0.3, -0.25) is 9.69 Å². The number of nitrogens with zero attached hydrogens (tertiary/aromatic N) is 5. The first-order valence-electron chi connectivity index (χ1n) is 14.5. The number of hydrogen-bond acceptors (Lipinski definition) is 7. The van der Waals surface area contributed by atoms with Crippen LogP contribution in [0.2, 0.25) is 0 Å². The van der Waals surface area contributed by atoms with E-state index in [9.17, 15) is 4.79 Å². The molecule has 6 rings (SSSR count). The fourth-order valence-electron chi connectivity index (χ4n) is 6.26. The van der Waals surface area contributed by atoms with E-state index in [-0.39, 0.29) is 17.7 Å². The average Bonchev–Trinajstić information content (AvgIpc) is 3.77. The van der Waals surface area contributed by atoms with Crippen LogP contribution in [0.25, 0.3) is 10.9 Å². The lowest BCUT2D eigenvalue weighted by Crippen LogP contribution is -2.39. The number of H-pyrrole nitrogens is 1. The molecule has 1 saturated carbocycles. The van der Waals surface area contributed by atoms with Crippen molar-refractivity contribution in [3.05, 3.63) is 81.4 Å². The van der Waals surface area contributed by atoms with E-state index in [1.54, 1.807) is 7.11 Å². The number of aromatic amines is 1. The Morgan fingerprint density at radius 3 is 2.60 bits per heavy atom. The van der Waals surface area contributed by atoms with Gasteiger partial charge in [-0.15, -0.1) is 5.10 Å². The zero-order valence-corrected chi connectivity index (χ0v) is 23.4. The van der Waals surface area contributed by atoms with Crippen molar-refractivity contribution in [3.8, 4) is 5.75 Å². The van der Waals surface area contributed by atoms with E-state index in [4.69, 9.17) is 9.47 Å². The number of rotatable bonds is 10. The Bertz CT molecular complexity index is 1490. The average molecular weight is 543 g/mol. The number of nitrogens with one attached hydrogen (secondary N) is 1. The summed E-state index contributed by atoms with van der Waals surface area (Å²) in [4.78, 5) is 19.3. The van der Waals surface area contributed by atoms with Crippen LogP contribution in [0, 0.1) is 0 Å². The molecule has 3 heterocycles. The number of tetrazole rings is 1. The molecule has 0 unspecified atom stereocenters. The van der Waals surface area contributed by atoms with Gasteiger partial charge in [0.15, 0.2) is 5.82 Å². The molecule has 1 aliphatic heterocycles. The Labute approximate surface area is 234 Å². The van der Waals surface area contributed by atoms with Crippen LogP contribution in [-0.4, -0.2) is 56.5 Å². The maximum Gasteiger partial charge on any atom is 0.253 e. The molecule has 40 heavy (non-hydrogen) atoms. The number of fused-ring (bicyclic) bond motifs is 1. The second-order valence-corrected chi connectivity index (χ2v) is 11.1. The van der Waals surface area contributed by atoms with Crippen molar-refractivity contribution in [3.63, 3.8) is 0 Å². The Hall–Kier alpha value is -3.56. The SMILES string of the molecule is CCc1ccc2[nH]c(=O)c([C@H](c3nnnn3C3CCCC3)N(Cc3ccc(OC)cc3)C[C@H]3CCCO3)cc2c1. The van der Waals surface area contributed by atoms with Crippen molar-refractivity contribution in [2.24, 2.45) is 0 Å². The molecule has 0 radical (unpaired) electrons. The van der Waals surface area contributed by atoms with Crippen molar-refractivity contribution in [1.82, 2.24) is 30.1 Å². The summed E-state index contributed by atoms with van der Waals surface area (Å²) in [5, 5.41) is 14.2. The highest BCUT2D eigenvalue weighted by atomic mass is 16.5. The normalized spacial score (nSPS) is 18.6. The number of ether oxygens (including phenoxy) is 2. The summed E-state index contributed by atoms with van der Waals surface area (Å²) in [6.07, 6.45) is 7.47. The van der Waals surface area contributed by atoms with Crippen LogP contribution in [0.4, 0.5) is 0 Å². The first-order chi connectivity index (χ1) is 19.6. The lowest BCUT2D eigenvalue weighted by molar-refractivity contribution is 0.0569. The van der Waals surface area contributed by atoms with Crippen LogP contribution in [0.5, 0.6) is 5.75 Å². The van der Waals surface area contributed by atoms with Crippen molar-refractivity contribution in [2.75, 3.05) is 20.3 Å². The minimum Gasteiger partial charge on any atom is -0.497 e. The molecule has 2 aliphatic rings. The van der Waals surface area contributed by atoms with Crippen molar-refractivity contribution >= 4 is 10.9 Å². The van der Waals surface area contributed by atoms with Gasteiger partial charge < -0.3 is 14.5 Å². The number of hydrogen-bond donors (Lipinski definition) is 1. The summed E-state index contributed by atoms with van der Waals surface area (Å²) in [5.41, 5.74) is 3.72. The molecule has 2 aromatic carbocycles. The van der Waals surface area contributed by atoms with Gasteiger partial charge in [0.05, 0.1) is 19.3 Å². The van der Waals surface area contributed by atoms with Gasteiger partial charge in [0.1, 0.15) is 11.8 Å². The van der Waals surface area contributed by atoms with E-state index in [1.807, 2.05) is 28.9 Å². The molecule has 2 fully saturated rings. The van der Waals surface area contributed by atoms with Crippen LogP contribution in [0.3, 0.4) is 0 Å². The number of aromatic nitrogens is 5. The predicted octanol–water partition coefficient (Wildman–Crippen LogP) is 4.97. The van der Waals surface area contributed by atoms with Crippen LogP contribution in [0.1, 0.15) is 80.0 Å². The molecule has 0 bridgehead atoms. The third kappa shape index (κ3) is 5.53. The smallest absolute Gasteiger partial charge is 0.253 e. The molecule has 2 atom stereocenters. The Morgan fingerprint density at radius 1 is 1.07 bits per heavy atom. The molecule has 210 valence electrons. The fraction of sp³-hybridized carbons (Fsp3) is 0.484. The van der Waals surface area contributed by atoms with E-state index >= 15 is 0 Å². The Balaban J connectivity index is 1.49. The van der Waals surface area contributed by atoms with Crippen LogP contribution >= 0.6 is 0 Å². The van der Waals surface area contributed by atoms with Gasteiger partial charge in [-0.05, 0) is 89.4 Å². The van der Waals surface area contributed by atoms with Crippen LogP contribution in [-0.2, 0) is 17.7 Å². The van der Waals surface area contributed by atoms with Gasteiger partial charge in [-0.2, -0.15) is 0 Å². The van der Waals surface area contributed by atoms with E-state index in [0.717, 1.165) is 79.6 Å². The molecule has 9 nitrogen and oxygen atoms in total. The van der Waals surface area contributed by atoms with E-state index < -0.39 is 6.04 Å². The van der Waals surface area contributed by atoms with Gasteiger partial charge in [0, 0.05) is 30.8 Å². The summed E-state index contributed by atoms with van der Waals surface area (Å²) in [6.45, 7) is 4.19. The summed E-state index contributed by atoms with van der Waals surface area (Å²) in [6, 6.07) is 16.2. The van der Waals surface area contributed by atoms with Gasteiger partial charge >= 0.3 is 0 Å². The molecule has 1 saturated heterocycles. The number of benzene rings is 2. The summed E-state index contributed by atoms with van der Waals surface area (Å²) >= 11 is 0. The molecular formula is C31H38N6O3. The highest BCUT2D eigenvalue weighted by molar-refractivity contribution is 5.80. The fourth-order valence-corrected chi connectivity index (χ4v) is 6.26. The molecular weight excluding hydrogens is 504 g/mol. The number of pyridine rings is 1. The van der Waals surface area contributed by atoms with Gasteiger partial charge in [-0.25, -0.2) is 4.68 Å². The molecule has 0 spiro atoms. The maximum absolute atomic E-state index is 13.8. The van der Waals surface area contributed by atoms with Gasteiger partial charge in [0.2, 0.25) is 0 Å². The third-order valence-electron chi connectivity index (χ3n) is 8.45. The van der Waals surface area contributed by atoms with Gasteiger partial charge in [0.25, 0.3) is 5.56 Å². The predicted molar refractivity (Wildman–Crippen MR) is 153 cm³/mol. The molecule has 2 aromatic heterocycles. The number of aryl methyl sites for hydroxylation is 1. The van der Waals surface area contributed by atoms with E-state index in [1.165, 1.54) is 5.56 Å². The summed E-state index contributed by atoms with van der Waals surface area (Å²) in [7, 11) is 1.67. The lowest BCUT2D eigenvalue weighted by Gasteiger charge is -2.33. The molecule has 0 amide bonds. The van der Waals surface area contributed by atoms with Crippen LogP contribution < -0.4 is 10.3 Å². The Kier molecular flexibility index (Phi) is 7.93. The highest BCUT2D eigenvalue weighted by Crippen LogP contribution is 2.35. The molecule has 1 aliphatic carbocycles. The standard InChI is InChI=1S/C31H38N6O3/c1-3-21-12-15-28-23(17-21)18-27(31(38)32-28)29(30-33-34-35-37(30)24-7-4-5-8-24)36(20-26-9-6-16-40-26)19-22-10-13-25(39-2)14-11-22/h10-15,17-18,24,26,29H,3-9,16,19-20H2,1-2H3,(H,32,38)/t26-,29-/m1/s1. The van der Waals surface area contributed by atoms with Crippen molar-refractivity contribution in [2.45, 2.75) is 76.6 Å². The first kappa shape index (κ1) is 26.7. The molecule has 1 N–H and O–H groups in total. The van der Waals surface area contributed by atoms with E-state index in [0.29, 0.717) is 18.7 Å². The largest absolute Gasteiger partial charge is 0.497 e. The minimum atomic E-state index is -0.444. The Morgan fingerprint density at radius 2 is 1.88 bits per heavy atom. The zero-order valence-electron chi connectivity index (χ0n) is 23.4. The minimum absolute atomic E-state index is 0.0859. The van der Waals surface area contributed by atoms with Crippen molar-refractivity contribution in [1.29, 1.82) is 0 Å². The van der Waals surface area contributed by atoms with Crippen LogP contribution in [0.15, 0.2) is 53.3 Å². The second kappa shape index (κ2) is 11.9. The van der Waals surface area contributed by atoms with Gasteiger partial charge in [-0.1, -0.05) is 38.0 Å². The topological polar surface area (TPSA) is 98.2 Å². The lowest BCUT2D eigenvalue weighted by atomic mass is 10.00. The summed E-state index contributed by atoms with van der Waals surface area (Å²) < 4.78 is 13.5. The molecule has 4 aromatic rings. The summed E-state index contributed by atoms with van der Waals surface area (Å²) in [5.74, 6) is 1.53. The van der Waals surface area contributed by atoms with E-state index in [2.05, 4.69) is 56.6 Å². The quantitative estimate of drug-likeness (QED) is 0.302. The third-order valence-corrected chi connectivity index (χ3v) is 8.45. The van der Waals surface area contributed by atoms with Crippen molar-refractivity contribution < 1.29 is 9.47 Å². The monoisotopic (exact) mass is 542 g/mol. The zero-order chi connectivity index (χ0) is 27.5. The highest BCUT2D eigenvalue weighted by Gasteiger charge is 2.35. The second-order valence-electron chi connectivity index (χ2n) is 11.1.